The molecule has 1 aromatic carbocycles. The van der Waals surface area contributed by atoms with E-state index in [2.05, 4.69) is 4.90 Å². The Morgan fingerprint density at radius 2 is 1.71 bits per heavy atom. The predicted molar refractivity (Wildman–Crippen MR) is 78.7 cm³/mol. The number of hydrogen-bond acceptors (Lipinski definition) is 3. The third kappa shape index (κ3) is 4.36. The number of amides is 1. The van der Waals surface area contributed by atoms with E-state index in [1.807, 2.05) is 11.8 Å². The van der Waals surface area contributed by atoms with Crippen molar-refractivity contribution in [3.8, 4) is 0 Å². The lowest BCUT2D eigenvalue weighted by atomic mass is 10.1. The first-order valence-electron chi connectivity index (χ1n) is 7.39. The molecular weight excluding hydrogens is 271 g/mol. The third-order valence-corrected chi connectivity index (χ3v) is 3.85. The Morgan fingerprint density at radius 3 is 2.29 bits per heavy atom. The monoisotopic (exact) mass is 292 g/mol. The minimum Gasteiger partial charge on any atom is -0.340 e. The van der Waals surface area contributed by atoms with Crippen LogP contribution in [-0.4, -0.2) is 54.2 Å². The molecule has 1 saturated heterocycles. The van der Waals surface area contributed by atoms with Crippen molar-refractivity contribution >= 4 is 11.7 Å². The maximum atomic E-state index is 12.8. The summed E-state index contributed by atoms with van der Waals surface area (Å²) in [6, 6.07) is 5.66. The Bertz CT molecular complexity index is 494. The Morgan fingerprint density at radius 1 is 1.10 bits per heavy atom. The molecule has 1 fully saturated rings. The van der Waals surface area contributed by atoms with Crippen molar-refractivity contribution in [1.82, 2.24) is 9.80 Å². The number of carbonyl (C=O) groups is 2. The summed E-state index contributed by atoms with van der Waals surface area (Å²) in [5, 5.41) is 0. The van der Waals surface area contributed by atoms with Gasteiger partial charge in [-0.25, -0.2) is 4.39 Å². The summed E-state index contributed by atoms with van der Waals surface area (Å²) < 4.78 is 12.8. The summed E-state index contributed by atoms with van der Waals surface area (Å²) in [4.78, 5) is 27.6. The van der Waals surface area contributed by atoms with Crippen molar-refractivity contribution < 1.29 is 14.0 Å². The first-order valence-corrected chi connectivity index (χ1v) is 7.39. The van der Waals surface area contributed by atoms with Gasteiger partial charge in [0.2, 0.25) is 5.91 Å². The Kier molecular flexibility index (Phi) is 5.44. The number of piperazine rings is 1. The van der Waals surface area contributed by atoms with E-state index < -0.39 is 0 Å². The average molecular weight is 292 g/mol. The zero-order chi connectivity index (χ0) is 15.2. The zero-order valence-corrected chi connectivity index (χ0v) is 12.3. The Balaban J connectivity index is 1.75. The summed E-state index contributed by atoms with van der Waals surface area (Å²) in [5.74, 6) is -0.109. The van der Waals surface area contributed by atoms with Gasteiger partial charge in [-0.2, -0.15) is 0 Å². The number of ketones is 1. The van der Waals surface area contributed by atoms with Crippen molar-refractivity contribution in [3.63, 3.8) is 0 Å². The van der Waals surface area contributed by atoms with Gasteiger partial charge in [-0.1, -0.05) is 6.92 Å². The maximum absolute atomic E-state index is 12.8. The number of rotatable bonds is 5. The van der Waals surface area contributed by atoms with Crippen LogP contribution in [0.4, 0.5) is 4.39 Å². The molecule has 21 heavy (non-hydrogen) atoms. The second-order valence-electron chi connectivity index (χ2n) is 5.26. The molecule has 0 N–H and O–H groups in total. The molecule has 1 heterocycles. The van der Waals surface area contributed by atoms with Crippen molar-refractivity contribution in [2.45, 2.75) is 19.8 Å². The van der Waals surface area contributed by atoms with Gasteiger partial charge in [0.1, 0.15) is 5.82 Å². The van der Waals surface area contributed by atoms with E-state index >= 15 is 0 Å². The normalized spacial score (nSPS) is 16.0. The van der Waals surface area contributed by atoms with E-state index in [0.717, 1.165) is 26.2 Å². The summed E-state index contributed by atoms with van der Waals surface area (Å²) in [6.45, 7) is 5.64. The lowest BCUT2D eigenvalue weighted by Crippen LogP contribution is -2.48. The summed E-state index contributed by atoms with van der Waals surface area (Å²) >= 11 is 0. The highest BCUT2D eigenvalue weighted by Gasteiger charge is 2.20. The van der Waals surface area contributed by atoms with E-state index in [1.54, 1.807) is 0 Å². The van der Waals surface area contributed by atoms with Gasteiger partial charge in [-0.3, -0.25) is 14.5 Å². The predicted octanol–water partition coefficient (Wildman–Crippen LogP) is 1.95. The van der Waals surface area contributed by atoms with Crippen LogP contribution in [0, 0.1) is 5.82 Å². The molecule has 114 valence electrons. The van der Waals surface area contributed by atoms with Crippen LogP contribution in [0.3, 0.4) is 0 Å². The number of nitrogens with zero attached hydrogens (tertiary/aromatic N) is 2. The first kappa shape index (κ1) is 15.6. The minimum absolute atomic E-state index is 0.0297. The van der Waals surface area contributed by atoms with Crippen LogP contribution in [0.2, 0.25) is 0 Å². The third-order valence-electron chi connectivity index (χ3n) is 3.85. The largest absolute Gasteiger partial charge is 0.340 e. The van der Waals surface area contributed by atoms with E-state index in [1.165, 1.54) is 24.3 Å². The van der Waals surface area contributed by atoms with Crippen molar-refractivity contribution in [2.24, 2.45) is 0 Å². The van der Waals surface area contributed by atoms with Gasteiger partial charge < -0.3 is 4.90 Å². The smallest absolute Gasteiger partial charge is 0.222 e. The molecule has 0 atom stereocenters. The molecule has 1 aliphatic heterocycles. The molecule has 0 spiro atoms. The molecule has 4 nitrogen and oxygen atoms in total. The Hall–Kier alpha value is -1.75. The van der Waals surface area contributed by atoms with E-state index in [4.69, 9.17) is 0 Å². The van der Waals surface area contributed by atoms with E-state index in [9.17, 15) is 14.0 Å². The molecular formula is C16H21FN2O2. The molecule has 0 aliphatic carbocycles. The molecule has 0 bridgehead atoms. The van der Waals surface area contributed by atoms with Crippen molar-refractivity contribution in [2.75, 3.05) is 32.7 Å². The highest BCUT2D eigenvalue weighted by atomic mass is 19.1. The quantitative estimate of drug-likeness (QED) is 0.779. The Labute approximate surface area is 124 Å². The minimum atomic E-state index is -0.330. The summed E-state index contributed by atoms with van der Waals surface area (Å²) in [7, 11) is 0. The summed E-state index contributed by atoms with van der Waals surface area (Å²) in [5.41, 5.74) is 0.552. The second kappa shape index (κ2) is 7.31. The van der Waals surface area contributed by atoms with E-state index in [-0.39, 0.29) is 17.5 Å². The van der Waals surface area contributed by atoms with Crippen LogP contribution >= 0.6 is 0 Å². The van der Waals surface area contributed by atoms with Crippen molar-refractivity contribution in [3.05, 3.63) is 35.6 Å². The maximum Gasteiger partial charge on any atom is 0.222 e. The standard InChI is InChI=1S/C16H21FN2O2/c1-2-16(21)19-11-9-18(10-12-19)8-7-15(20)13-3-5-14(17)6-4-13/h3-6H,2,7-12H2,1H3. The van der Waals surface area contributed by atoms with Gasteiger partial charge in [0.15, 0.2) is 5.78 Å². The lowest BCUT2D eigenvalue weighted by Gasteiger charge is -2.34. The van der Waals surface area contributed by atoms with Crippen LogP contribution in [-0.2, 0) is 4.79 Å². The number of halogens is 1. The van der Waals surface area contributed by atoms with Gasteiger partial charge in [-0.15, -0.1) is 0 Å². The van der Waals surface area contributed by atoms with Crippen LogP contribution in [0.1, 0.15) is 30.1 Å². The molecule has 0 unspecified atom stereocenters. The lowest BCUT2D eigenvalue weighted by molar-refractivity contribution is -0.132. The molecule has 1 aromatic rings. The topological polar surface area (TPSA) is 40.6 Å². The molecule has 5 heteroatoms. The fraction of sp³-hybridized carbons (Fsp3) is 0.500. The van der Waals surface area contributed by atoms with Gasteiger partial charge >= 0.3 is 0 Å². The molecule has 0 saturated carbocycles. The molecule has 0 radical (unpaired) electrons. The highest BCUT2D eigenvalue weighted by Crippen LogP contribution is 2.08. The summed E-state index contributed by atoms with van der Waals surface area (Å²) in [6.07, 6.45) is 0.969. The second-order valence-corrected chi connectivity index (χ2v) is 5.26. The number of carbonyl (C=O) groups excluding carboxylic acids is 2. The van der Waals surface area contributed by atoms with Crippen molar-refractivity contribution in [1.29, 1.82) is 0 Å². The average Bonchev–Trinajstić information content (AvgIpc) is 2.53. The molecule has 0 aromatic heterocycles. The van der Waals surface area contributed by atoms with Gasteiger partial charge in [0, 0.05) is 51.1 Å². The number of benzene rings is 1. The first-order chi connectivity index (χ1) is 10.1. The fourth-order valence-corrected chi connectivity index (χ4v) is 2.48. The van der Waals surface area contributed by atoms with E-state index in [0.29, 0.717) is 24.9 Å². The van der Waals surface area contributed by atoms with Crippen LogP contribution in [0.15, 0.2) is 24.3 Å². The SMILES string of the molecule is CCC(=O)N1CCN(CCC(=O)c2ccc(F)cc2)CC1. The fourth-order valence-electron chi connectivity index (χ4n) is 2.48. The number of hydrogen-bond donors (Lipinski definition) is 0. The molecule has 2 rings (SSSR count). The number of Topliss-reactive ketones (excluding diaryl/α,β-unsaturated/α-hetero) is 1. The van der Waals surface area contributed by atoms with Gasteiger partial charge in [0.25, 0.3) is 0 Å². The zero-order valence-electron chi connectivity index (χ0n) is 12.3. The molecule has 1 aliphatic rings. The van der Waals surface area contributed by atoms with Crippen LogP contribution < -0.4 is 0 Å². The molecule has 1 amide bonds. The van der Waals surface area contributed by atoms with Gasteiger partial charge in [-0.05, 0) is 24.3 Å². The highest BCUT2D eigenvalue weighted by molar-refractivity contribution is 5.96. The van der Waals surface area contributed by atoms with Crippen LogP contribution in [0.25, 0.3) is 0 Å². The van der Waals surface area contributed by atoms with Gasteiger partial charge in [0.05, 0.1) is 0 Å². The van der Waals surface area contributed by atoms with Crippen LogP contribution in [0.5, 0.6) is 0 Å².